The molecule has 26 heavy (non-hydrogen) atoms. The number of hydrogen-bond acceptors (Lipinski definition) is 6. The van der Waals surface area contributed by atoms with Crippen molar-refractivity contribution >= 4 is 21.2 Å². The molecule has 0 spiro atoms. The Morgan fingerprint density at radius 1 is 1.19 bits per heavy atom. The van der Waals surface area contributed by atoms with E-state index in [1.54, 1.807) is 6.07 Å². The van der Waals surface area contributed by atoms with Crippen LogP contribution in [0.5, 0.6) is 0 Å². The standard InChI is InChI=1S/C18H20N2O5S/c1-13-6-3-4-7-14(13)16-12-19(10-11-25-16)15-8-5-9-17(26(2,23)24)18(15)20(21)22/h3-9,16H,10-12H2,1-2H3. The van der Waals surface area contributed by atoms with Crippen LogP contribution < -0.4 is 4.90 Å². The summed E-state index contributed by atoms with van der Waals surface area (Å²) in [6.07, 6.45) is 0.751. The molecule has 0 amide bonds. The number of nitrogens with zero attached hydrogens (tertiary/aromatic N) is 2. The molecular formula is C18H20N2O5S. The molecule has 1 aliphatic heterocycles. The molecule has 1 heterocycles. The van der Waals surface area contributed by atoms with Crippen molar-refractivity contribution in [1.29, 1.82) is 0 Å². The molecular weight excluding hydrogens is 356 g/mol. The summed E-state index contributed by atoms with van der Waals surface area (Å²) in [5.74, 6) is 0. The van der Waals surface area contributed by atoms with E-state index in [9.17, 15) is 18.5 Å². The lowest BCUT2D eigenvalue weighted by Gasteiger charge is -2.35. The summed E-state index contributed by atoms with van der Waals surface area (Å²) in [6, 6.07) is 12.2. The number of nitro benzene ring substituents is 1. The van der Waals surface area contributed by atoms with E-state index in [1.807, 2.05) is 36.1 Å². The number of aryl methyl sites for hydroxylation is 1. The lowest BCUT2D eigenvalue weighted by atomic mass is 10.0. The highest BCUT2D eigenvalue weighted by Gasteiger charge is 2.32. The topological polar surface area (TPSA) is 89.8 Å². The van der Waals surface area contributed by atoms with Crippen LogP contribution in [0.4, 0.5) is 11.4 Å². The summed E-state index contributed by atoms with van der Waals surface area (Å²) in [6.45, 7) is 3.26. The number of anilines is 1. The van der Waals surface area contributed by atoms with Crippen LogP contribution in [0.25, 0.3) is 0 Å². The maximum atomic E-state index is 12.0. The molecule has 1 fully saturated rings. The van der Waals surface area contributed by atoms with E-state index in [2.05, 4.69) is 0 Å². The van der Waals surface area contributed by atoms with E-state index < -0.39 is 14.8 Å². The van der Waals surface area contributed by atoms with Crippen LogP contribution in [0.1, 0.15) is 17.2 Å². The first-order chi connectivity index (χ1) is 12.3. The van der Waals surface area contributed by atoms with Crippen LogP contribution in [-0.4, -0.2) is 39.3 Å². The Kier molecular flexibility index (Phi) is 4.97. The Bertz CT molecular complexity index is 942. The molecule has 8 heteroatoms. The summed E-state index contributed by atoms with van der Waals surface area (Å²) in [5.41, 5.74) is 2.04. The summed E-state index contributed by atoms with van der Waals surface area (Å²) in [4.78, 5) is 12.6. The maximum absolute atomic E-state index is 12.0. The fourth-order valence-corrected chi connectivity index (χ4v) is 4.11. The fraction of sp³-hybridized carbons (Fsp3) is 0.333. The zero-order valence-electron chi connectivity index (χ0n) is 14.6. The summed E-state index contributed by atoms with van der Waals surface area (Å²) >= 11 is 0. The predicted octanol–water partition coefficient (Wildman–Crippen LogP) is 2.88. The fourth-order valence-electron chi connectivity index (χ4n) is 3.25. The van der Waals surface area contributed by atoms with E-state index >= 15 is 0 Å². The molecule has 1 saturated heterocycles. The van der Waals surface area contributed by atoms with Crippen LogP contribution in [-0.2, 0) is 14.6 Å². The predicted molar refractivity (Wildman–Crippen MR) is 98.3 cm³/mol. The van der Waals surface area contributed by atoms with Crippen molar-refractivity contribution in [3.8, 4) is 0 Å². The molecule has 0 saturated carbocycles. The van der Waals surface area contributed by atoms with Gasteiger partial charge in [-0.1, -0.05) is 30.3 Å². The van der Waals surface area contributed by atoms with E-state index in [4.69, 9.17) is 4.74 Å². The molecule has 1 aliphatic rings. The van der Waals surface area contributed by atoms with E-state index in [0.29, 0.717) is 25.4 Å². The number of para-hydroxylation sites is 1. The van der Waals surface area contributed by atoms with Crippen molar-refractivity contribution < 1.29 is 18.1 Å². The van der Waals surface area contributed by atoms with Crippen molar-refractivity contribution in [2.75, 3.05) is 30.9 Å². The van der Waals surface area contributed by atoms with E-state index in [0.717, 1.165) is 17.4 Å². The van der Waals surface area contributed by atoms with Gasteiger partial charge in [-0.2, -0.15) is 0 Å². The Hall–Kier alpha value is -2.45. The second-order valence-corrected chi connectivity index (χ2v) is 8.30. The number of ether oxygens (including phenoxy) is 1. The number of morpholine rings is 1. The van der Waals surface area contributed by atoms with Gasteiger partial charge in [0, 0.05) is 19.3 Å². The third-order valence-electron chi connectivity index (χ3n) is 4.50. The summed E-state index contributed by atoms with van der Waals surface area (Å²) in [5, 5.41) is 11.6. The normalized spacial score (nSPS) is 17.9. The van der Waals surface area contributed by atoms with Crippen LogP contribution in [0.15, 0.2) is 47.4 Å². The second kappa shape index (κ2) is 7.05. The summed E-state index contributed by atoms with van der Waals surface area (Å²) in [7, 11) is -3.71. The molecule has 138 valence electrons. The molecule has 0 N–H and O–H groups in total. The average Bonchev–Trinajstić information content (AvgIpc) is 2.61. The Balaban J connectivity index is 2.01. The minimum Gasteiger partial charge on any atom is -0.370 e. The molecule has 7 nitrogen and oxygen atoms in total. The van der Waals surface area contributed by atoms with Crippen molar-refractivity contribution in [1.82, 2.24) is 0 Å². The van der Waals surface area contributed by atoms with E-state index in [-0.39, 0.29) is 16.7 Å². The van der Waals surface area contributed by atoms with Crippen molar-refractivity contribution in [2.24, 2.45) is 0 Å². The molecule has 0 aliphatic carbocycles. The maximum Gasteiger partial charge on any atom is 0.311 e. The monoisotopic (exact) mass is 376 g/mol. The highest BCUT2D eigenvalue weighted by Crippen LogP contribution is 2.37. The van der Waals surface area contributed by atoms with E-state index in [1.165, 1.54) is 12.1 Å². The zero-order chi connectivity index (χ0) is 18.9. The van der Waals surface area contributed by atoms with Gasteiger partial charge in [0.2, 0.25) is 0 Å². The quantitative estimate of drug-likeness (QED) is 0.602. The van der Waals surface area contributed by atoms with Gasteiger partial charge in [-0.05, 0) is 30.2 Å². The van der Waals surface area contributed by atoms with Gasteiger partial charge >= 0.3 is 5.69 Å². The first-order valence-electron chi connectivity index (χ1n) is 8.18. The SMILES string of the molecule is Cc1ccccc1C1CN(c2cccc(S(C)(=O)=O)c2[N+](=O)[O-])CCO1. The van der Waals surface area contributed by atoms with Gasteiger partial charge in [0.15, 0.2) is 9.84 Å². The van der Waals surface area contributed by atoms with Gasteiger partial charge < -0.3 is 9.64 Å². The lowest BCUT2D eigenvalue weighted by molar-refractivity contribution is -0.387. The number of benzene rings is 2. The molecule has 3 rings (SSSR count). The van der Waals surface area contributed by atoms with Crippen LogP contribution in [0.3, 0.4) is 0 Å². The van der Waals surface area contributed by atoms with Gasteiger partial charge in [-0.25, -0.2) is 8.42 Å². The number of nitro groups is 1. The summed E-state index contributed by atoms with van der Waals surface area (Å²) < 4.78 is 29.8. The number of sulfone groups is 1. The van der Waals surface area contributed by atoms with Crippen molar-refractivity contribution in [3.05, 3.63) is 63.7 Å². The van der Waals surface area contributed by atoms with Crippen LogP contribution in [0, 0.1) is 17.0 Å². The third kappa shape index (κ3) is 3.56. The molecule has 0 aromatic heterocycles. The van der Waals surface area contributed by atoms with Crippen LogP contribution in [0.2, 0.25) is 0 Å². The highest BCUT2D eigenvalue weighted by molar-refractivity contribution is 7.90. The molecule has 0 bridgehead atoms. The van der Waals surface area contributed by atoms with Crippen LogP contribution >= 0.6 is 0 Å². The molecule has 1 atom stereocenters. The Labute approximate surface area is 152 Å². The molecule has 2 aromatic rings. The molecule has 2 aromatic carbocycles. The third-order valence-corrected chi connectivity index (χ3v) is 5.63. The number of hydrogen-bond donors (Lipinski definition) is 0. The first kappa shape index (κ1) is 18.3. The zero-order valence-corrected chi connectivity index (χ0v) is 15.4. The average molecular weight is 376 g/mol. The molecule has 1 unspecified atom stereocenters. The van der Waals surface area contributed by atoms with Crippen molar-refractivity contribution in [3.63, 3.8) is 0 Å². The van der Waals surface area contributed by atoms with Gasteiger partial charge in [0.1, 0.15) is 16.7 Å². The Morgan fingerprint density at radius 3 is 2.58 bits per heavy atom. The minimum absolute atomic E-state index is 0.230. The van der Waals surface area contributed by atoms with Crippen molar-refractivity contribution in [2.45, 2.75) is 17.9 Å². The first-order valence-corrected chi connectivity index (χ1v) is 10.1. The second-order valence-electron chi connectivity index (χ2n) is 6.32. The Morgan fingerprint density at radius 2 is 1.92 bits per heavy atom. The van der Waals surface area contributed by atoms with Gasteiger partial charge in [-0.3, -0.25) is 10.1 Å². The largest absolute Gasteiger partial charge is 0.370 e. The lowest BCUT2D eigenvalue weighted by Crippen LogP contribution is -2.39. The van der Waals surface area contributed by atoms with Gasteiger partial charge in [0.25, 0.3) is 0 Å². The van der Waals surface area contributed by atoms with Gasteiger partial charge in [0.05, 0.1) is 11.5 Å². The van der Waals surface area contributed by atoms with Gasteiger partial charge in [-0.15, -0.1) is 0 Å². The highest BCUT2D eigenvalue weighted by atomic mass is 32.2. The smallest absolute Gasteiger partial charge is 0.311 e. The minimum atomic E-state index is -3.71. The molecule has 0 radical (unpaired) electrons. The number of rotatable bonds is 4.